The largest absolute Gasteiger partial charge is 0.380 e. The van der Waals surface area contributed by atoms with Crippen molar-refractivity contribution in [1.29, 1.82) is 0 Å². The first kappa shape index (κ1) is 32.2. The monoisotopic (exact) mass is 706 g/mol. The van der Waals surface area contributed by atoms with E-state index in [4.69, 9.17) is 24.9 Å². The van der Waals surface area contributed by atoms with Crippen LogP contribution in [0, 0.1) is 0 Å². The topological polar surface area (TPSA) is 117 Å². The van der Waals surface area contributed by atoms with E-state index in [1.807, 2.05) is 10.7 Å². The molecule has 3 aliphatic rings. The van der Waals surface area contributed by atoms with Gasteiger partial charge in [-0.2, -0.15) is 4.98 Å². The van der Waals surface area contributed by atoms with Crippen molar-refractivity contribution in [1.82, 2.24) is 33.9 Å². The summed E-state index contributed by atoms with van der Waals surface area (Å²) in [7, 11) is 0. The number of nitrogens with one attached hydrogen (secondary N) is 2. The highest BCUT2D eigenvalue weighted by molar-refractivity contribution is 6.07. The third-order valence-corrected chi connectivity index (χ3v) is 10.8. The van der Waals surface area contributed by atoms with Gasteiger partial charge in [-0.15, -0.1) is 0 Å². The summed E-state index contributed by atoms with van der Waals surface area (Å²) in [6.07, 6.45) is 10.4. The standard InChI is InChI=1S/C41H46N12/c1-40(2,3)48-30-18-24(50-13-7-8-14-50)17-29-33(30)28(21-42-29)34-26-11-12-27-35(26)53-38(46-34)43-22-44-39(53)47-37(27)52-23-45-31-19-25(51-15-9-10-16-51)20-32(36(31)52)49-41(4,5)6/h11-12,17-23,28,48-49H,7-10,13-16H2,1-6H3. The van der Waals surface area contributed by atoms with Gasteiger partial charge in [0.05, 0.1) is 39.5 Å². The molecule has 0 aliphatic carbocycles. The van der Waals surface area contributed by atoms with Crippen molar-refractivity contribution in [2.24, 2.45) is 4.99 Å². The van der Waals surface area contributed by atoms with Crippen molar-refractivity contribution in [3.05, 3.63) is 60.3 Å². The van der Waals surface area contributed by atoms with Crippen LogP contribution in [-0.2, 0) is 0 Å². The summed E-state index contributed by atoms with van der Waals surface area (Å²) in [5.41, 5.74) is 10.2. The van der Waals surface area contributed by atoms with Crippen LogP contribution < -0.4 is 20.4 Å². The number of imidazole rings is 1. The van der Waals surface area contributed by atoms with Gasteiger partial charge in [-0.3, -0.25) is 9.56 Å². The molecule has 1 atom stereocenters. The third kappa shape index (κ3) is 5.32. The second kappa shape index (κ2) is 11.5. The molecule has 0 saturated carbocycles. The van der Waals surface area contributed by atoms with Crippen molar-refractivity contribution in [3.63, 3.8) is 0 Å². The molecular formula is C41H46N12. The molecule has 2 saturated heterocycles. The van der Waals surface area contributed by atoms with Gasteiger partial charge in [-0.1, -0.05) is 6.07 Å². The van der Waals surface area contributed by atoms with E-state index in [1.54, 1.807) is 6.33 Å². The number of nitrogens with zero attached hydrogens (tertiary/aromatic N) is 10. The Kier molecular flexibility index (Phi) is 6.97. The second-order valence-electron chi connectivity index (χ2n) is 17.0. The summed E-state index contributed by atoms with van der Waals surface area (Å²) < 4.78 is 4.12. The lowest BCUT2D eigenvalue weighted by atomic mass is 9.92. The maximum absolute atomic E-state index is 5.25. The molecule has 3 aromatic carbocycles. The third-order valence-electron chi connectivity index (χ3n) is 10.8. The van der Waals surface area contributed by atoms with E-state index in [9.17, 15) is 0 Å². The number of hydrogen-bond acceptors (Lipinski definition) is 10. The van der Waals surface area contributed by atoms with Gasteiger partial charge in [0.15, 0.2) is 5.82 Å². The fraction of sp³-hybridized carbons (Fsp3) is 0.415. The van der Waals surface area contributed by atoms with Gasteiger partial charge in [0.1, 0.15) is 12.7 Å². The Morgan fingerprint density at radius 1 is 0.679 bits per heavy atom. The van der Waals surface area contributed by atoms with Crippen LogP contribution in [0.25, 0.3) is 44.7 Å². The Morgan fingerprint density at radius 3 is 2.00 bits per heavy atom. The van der Waals surface area contributed by atoms with E-state index in [0.29, 0.717) is 11.6 Å². The highest BCUT2D eigenvalue weighted by Gasteiger charge is 2.32. The van der Waals surface area contributed by atoms with Crippen LogP contribution in [0.3, 0.4) is 0 Å². The number of aliphatic imine (C=N–C) groups is 1. The maximum atomic E-state index is 5.25. The molecule has 7 heterocycles. The zero-order chi connectivity index (χ0) is 36.2. The van der Waals surface area contributed by atoms with Gasteiger partial charge in [0.2, 0.25) is 11.6 Å². The van der Waals surface area contributed by atoms with Crippen LogP contribution in [0.4, 0.5) is 28.4 Å². The molecule has 0 spiro atoms. The number of benzene rings is 2. The smallest absolute Gasteiger partial charge is 0.240 e. The molecule has 12 heteroatoms. The fourth-order valence-electron chi connectivity index (χ4n) is 8.65. The van der Waals surface area contributed by atoms with E-state index in [-0.39, 0.29) is 17.0 Å². The molecule has 2 N–H and O–H groups in total. The molecule has 2 fully saturated rings. The Balaban J connectivity index is 1.17. The highest BCUT2D eigenvalue weighted by Crippen LogP contribution is 2.47. The van der Waals surface area contributed by atoms with E-state index in [2.05, 4.69) is 114 Å². The molecular weight excluding hydrogens is 661 g/mol. The Bertz CT molecular complexity index is 2570. The molecule has 0 radical (unpaired) electrons. The van der Waals surface area contributed by atoms with Crippen LogP contribution in [0.2, 0.25) is 0 Å². The predicted molar refractivity (Wildman–Crippen MR) is 215 cm³/mol. The molecule has 270 valence electrons. The molecule has 0 bridgehead atoms. The Morgan fingerprint density at radius 2 is 1.30 bits per heavy atom. The lowest BCUT2D eigenvalue weighted by Crippen LogP contribution is -2.27. The van der Waals surface area contributed by atoms with Crippen LogP contribution >= 0.6 is 0 Å². The van der Waals surface area contributed by atoms with E-state index < -0.39 is 0 Å². The summed E-state index contributed by atoms with van der Waals surface area (Å²) in [6, 6.07) is 13.4. The van der Waals surface area contributed by atoms with Gasteiger partial charge in [-0.05, 0) is 97.6 Å². The SMILES string of the molecule is CC(C)(C)Nc1cc(N2CCCC2)cc2c1C(c1nc3ncnc4nc(-n5cnc6cc(N7CCCC7)cc(NC(C)(C)C)c65)c5ccc1c5n34)C=N2. The molecule has 53 heavy (non-hydrogen) atoms. The average Bonchev–Trinajstić information content (AvgIpc) is 3.95. The lowest BCUT2D eigenvalue weighted by Gasteiger charge is -2.28. The van der Waals surface area contributed by atoms with Crippen molar-refractivity contribution < 1.29 is 0 Å². The summed E-state index contributed by atoms with van der Waals surface area (Å²) in [5, 5.41) is 9.66. The van der Waals surface area contributed by atoms with Crippen LogP contribution in [0.5, 0.6) is 0 Å². The Hall–Kier alpha value is -5.52. The average molecular weight is 707 g/mol. The maximum Gasteiger partial charge on any atom is 0.240 e. The first-order valence-corrected chi connectivity index (χ1v) is 19.0. The second-order valence-corrected chi connectivity index (χ2v) is 17.0. The first-order chi connectivity index (χ1) is 25.5. The molecule has 12 nitrogen and oxygen atoms in total. The minimum Gasteiger partial charge on any atom is -0.380 e. The normalized spacial score (nSPS) is 17.8. The summed E-state index contributed by atoms with van der Waals surface area (Å²) in [5.74, 6) is 1.72. The van der Waals surface area contributed by atoms with Crippen LogP contribution in [0.15, 0.2) is 54.0 Å². The van der Waals surface area contributed by atoms with E-state index >= 15 is 0 Å². The lowest BCUT2D eigenvalue weighted by molar-refractivity contribution is 0.633. The predicted octanol–water partition coefficient (Wildman–Crippen LogP) is 8.07. The number of aromatic nitrogens is 7. The number of hydrogen-bond donors (Lipinski definition) is 2. The van der Waals surface area contributed by atoms with Gasteiger partial charge >= 0.3 is 0 Å². The minimum absolute atomic E-state index is 0.141. The minimum atomic E-state index is -0.163. The number of anilines is 4. The van der Waals surface area contributed by atoms with E-state index in [1.165, 1.54) is 37.1 Å². The first-order valence-electron chi connectivity index (χ1n) is 19.0. The van der Waals surface area contributed by atoms with Gasteiger partial charge in [-0.25, -0.2) is 24.3 Å². The van der Waals surface area contributed by atoms with Crippen molar-refractivity contribution in [2.75, 3.05) is 46.6 Å². The van der Waals surface area contributed by atoms with Crippen molar-refractivity contribution in [3.8, 4) is 5.82 Å². The highest BCUT2D eigenvalue weighted by atomic mass is 15.2. The van der Waals surface area contributed by atoms with Gasteiger partial charge < -0.3 is 20.4 Å². The van der Waals surface area contributed by atoms with Crippen LogP contribution in [0.1, 0.15) is 84.4 Å². The Labute approximate surface area is 308 Å². The summed E-state index contributed by atoms with van der Waals surface area (Å²) in [6.45, 7) is 17.5. The molecule has 3 aliphatic heterocycles. The van der Waals surface area contributed by atoms with Crippen molar-refractivity contribution in [2.45, 2.75) is 84.2 Å². The van der Waals surface area contributed by atoms with Gasteiger partial charge in [0, 0.05) is 76.9 Å². The summed E-state index contributed by atoms with van der Waals surface area (Å²) >= 11 is 0. The fourth-order valence-corrected chi connectivity index (χ4v) is 8.65. The quantitative estimate of drug-likeness (QED) is 0.177. The summed E-state index contributed by atoms with van der Waals surface area (Å²) in [4.78, 5) is 34.8. The van der Waals surface area contributed by atoms with E-state index in [0.717, 1.165) is 87.6 Å². The van der Waals surface area contributed by atoms with Gasteiger partial charge in [0.25, 0.3) is 0 Å². The number of fused-ring (bicyclic) bond motifs is 2. The number of rotatable bonds is 6. The zero-order valence-corrected chi connectivity index (χ0v) is 31.4. The zero-order valence-electron chi connectivity index (χ0n) is 31.4. The van der Waals surface area contributed by atoms with Crippen LogP contribution in [-0.4, -0.2) is 77.4 Å². The molecule has 0 amide bonds. The van der Waals surface area contributed by atoms with Crippen molar-refractivity contribution >= 4 is 73.5 Å². The molecule has 7 aromatic rings. The molecule has 10 rings (SSSR count). The molecule has 1 unspecified atom stereocenters. The molecule has 4 aromatic heterocycles.